The Hall–Kier alpha value is -3.11. The number of esters is 1. The van der Waals surface area contributed by atoms with Crippen LogP contribution in [0.2, 0.25) is 0 Å². The van der Waals surface area contributed by atoms with Crippen LogP contribution in [-0.4, -0.2) is 43.5 Å². The molecule has 2 aromatic rings. The molecule has 0 fully saturated rings. The third kappa shape index (κ3) is 3.00. The number of aromatic nitrogens is 4. The Bertz CT molecular complexity index is 950. The lowest BCUT2D eigenvalue weighted by molar-refractivity contribution is -0.147. The van der Waals surface area contributed by atoms with Crippen LogP contribution in [0.15, 0.2) is 19.8 Å². The molecular formula is C13H16N6O5. The zero-order chi connectivity index (χ0) is 18.0. The van der Waals surface area contributed by atoms with Crippen molar-refractivity contribution in [3.8, 4) is 0 Å². The van der Waals surface area contributed by atoms with Crippen molar-refractivity contribution < 1.29 is 14.3 Å². The Morgan fingerprint density at radius 1 is 1.29 bits per heavy atom. The summed E-state index contributed by atoms with van der Waals surface area (Å²) in [6.45, 7) is 2.88. The molecule has 11 nitrogen and oxygen atoms in total. The number of carbonyl (C=O) groups excluding carboxylic acids is 2. The van der Waals surface area contributed by atoms with Crippen LogP contribution in [0, 0.1) is 0 Å². The average Bonchev–Trinajstić information content (AvgIpc) is 2.95. The van der Waals surface area contributed by atoms with Crippen molar-refractivity contribution in [3.05, 3.63) is 20.8 Å². The van der Waals surface area contributed by atoms with Crippen LogP contribution in [0.4, 0.5) is 5.95 Å². The Morgan fingerprint density at radius 2 is 1.96 bits per heavy atom. The largest absolute Gasteiger partial charge is 0.464 e. The highest BCUT2D eigenvalue weighted by molar-refractivity contribution is 6.02. The summed E-state index contributed by atoms with van der Waals surface area (Å²) in [6.07, 6.45) is 0. The van der Waals surface area contributed by atoms with E-state index in [1.54, 1.807) is 6.92 Å². The van der Waals surface area contributed by atoms with E-state index in [2.05, 4.69) is 20.2 Å². The fraction of sp³-hybridized carbons (Fsp3) is 0.462. The SMILES string of the molecule is CCOC(=O)C(N=Nc1nc2c([nH]1)c(=O)n(C)c(=O)n2C)C(C)=O. The number of aromatic amines is 1. The molecule has 0 saturated carbocycles. The molecular weight excluding hydrogens is 320 g/mol. The van der Waals surface area contributed by atoms with E-state index in [-0.39, 0.29) is 23.7 Å². The van der Waals surface area contributed by atoms with Gasteiger partial charge in [0.25, 0.3) is 5.56 Å². The standard InChI is InChI=1S/C13H16N6O5/c1-5-24-11(22)7(6(2)20)16-17-12-14-8-9(15-12)18(3)13(23)19(4)10(8)21/h7H,5H2,1-4H3,(H,14,15). The molecule has 2 heterocycles. The first-order chi connectivity index (χ1) is 11.3. The Morgan fingerprint density at radius 3 is 2.54 bits per heavy atom. The molecule has 24 heavy (non-hydrogen) atoms. The molecule has 128 valence electrons. The summed E-state index contributed by atoms with van der Waals surface area (Å²) in [5.41, 5.74) is -0.970. The quantitative estimate of drug-likeness (QED) is 0.446. The molecule has 0 aliphatic rings. The van der Waals surface area contributed by atoms with Crippen molar-refractivity contribution >= 4 is 28.9 Å². The lowest BCUT2D eigenvalue weighted by atomic mass is 10.2. The Labute approximate surface area is 135 Å². The molecule has 0 saturated heterocycles. The van der Waals surface area contributed by atoms with Gasteiger partial charge in [0.2, 0.25) is 12.0 Å². The lowest BCUT2D eigenvalue weighted by Crippen LogP contribution is -2.36. The minimum absolute atomic E-state index is 0.0593. The van der Waals surface area contributed by atoms with Gasteiger partial charge in [-0.05, 0) is 13.8 Å². The van der Waals surface area contributed by atoms with Gasteiger partial charge in [-0.1, -0.05) is 0 Å². The van der Waals surface area contributed by atoms with Crippen LogP contribution >= 0.6 is 0 Å². The van der Waals surface area contributed by atoms with Crippen LogP contribution in [-0.2, 0) is 28.4 Å². The second-order valence-corrected chi connectivity index (χ2v) is 4.95. The van der Waals surface area contributed by atoms with Gasteiger partial charge in [-0.3, -0.25) is 18.7 Å². The molecule has 0 aromatic carbocycles. The summed E-state index contributed by atoms with van der Waals surface area (Å²) in [7, 11) is 2.78. The van der Waals surface area contributed by atoms with E-state index < -0.39 is 29.0 Å². The number of H-pyrrole nitrogens is 1. The van der Waals surface area contributed by atoms with Crippen LogP contribution in [0.3, 0.4) is 0 Å². The number of hydrogen-bond acceptors (Lipinski definition) is 8. The van der Waals surface area contributed by atoms with Gasteiger partial charge in [0.1, 0.15) is 0 Å². The van der Waals surface area contributed by atoms with Gasteiger partial charge in [0.05, 0.1) is 6.61 Å². The van der Waals surface area contributed by atoms with E-state index in [4.69, 9.17) is 4.74 Å². The van der Waals surface area contributed by atoms with Crippen molar-refractivity contribution in [2.45, 2.75) is 19.9 Å². The summed E-state index contributed by atoms with van der Waals surface area (Å²) in [6, 6.07) is -1.41. The number of ketones is 1. The monoisotopic (exact) mass is 336 g/mol. The minimum Gasteiger partial charge on any atom is -0.464 e. The molecule has 0 radical (unpaired) electrons. The number of azo groups is 1. The van der Waals surface area contributed by atoms with Gasteiger partial charge in [0.15, 0.2) is 16.9 Å². The number of hydrogen-bond donors (Lipinski definition) is 1. The summed E-state index contributed by atoms with van der Waals surface area (Å²) >= 11 is 0. The molecule has 0 spiro atoms. The Balaban J connectivity index is 2.47. The number of carbonyl (C=O) groups is 2. The number of aryl methyl sites for hydroxylation is 1. The maximum Gasteiger partial charge on any atom is 0.340 e. The van der Waals surface area contributed by atoms with Gasteiger partial charge in [-0.15, -0.1) is 5.11 Å². The molecule has 1 atom stereocenters. The highest BCUT2D eigenvalue weighted by Gasteiger charge is 2.24. The number of ether oxygens (including phenoxy) is 1. The minimum atomic E-state index is -1.41. The number of Topliss-reactive ketones (excluding diaryl/α,β-unsaturated/α-hetero) is 1. The first-order valence-electron chi connectivity index (χ1n) is 7.01. The first-order valence-corrected chi connectivity index (χ1v) is 7.01. The molecule has 0 bridgehead atoms. The van der Waals surface area contributed by atoms with Crippen molar-refractivity contribution in [1.82, 2.24) is 19.1 Å². The maximum absolute atomic E-state index is 12.0. The summed E-state index contributed by atoms with van der Waals surface area (Å²) < 4.78 is 6.82. The number of nitrogens with zero attached hydrogens (tertiary/aromatic N) is 5. The van der Waals surface area contributed by atoms with E-state index in [0.29, 0.717) is 0 Å². The smallest absolute Gasteiger partial charge is 0.340 e. The molecule has 0 aliphatic carbocycles. The zero-order valence-corrected chi connectivity index (χ0v) is 13.6. The predicted octanol–water partition coefficient (Wildman–Crippen LogP) is -0.435. The summed E-state index contributed by atoms with van der Waals surface area (Å²) in [5, 5.41) is 7.31. The van der Waals surface area contributed by atoms with Gasteiger partial charge in [-0.25, -0.2) is 9.59 Å². The number of imidazole rings is 1. The van der Waals surface area contributed by atoms with Crippen molar-refractivity contribution in [3.63, 3.8) is 0 Å². The predicted molar refractivity (Wildman–Crippen MR) is 82.2 cm³/mol. The van der Waals surface area contributed by atoms with E-state index >= 15 is 0 Å². The third-order valence-corrected chi connectivity index (χ3v) is 3.25. The van der Waals surface area contributed by atoms with E-state index in [1.165, 1.54) is 25.6 Å². The topological polar surface area (TPSA) is 141 Å². The van der Waals surface area contributed by atoms with Crippen LogP contribution in [0.1, 0.15) is 13.8 Å². The van der Waals surface area contributed by atoms with Gasteiger partial charge < -0.3 is 9.72 Å². The number of nitrogens with one attached hydrogen (secondary N) is 1. The van der Waals surface area contributed by atoms with E-state index in [0.717, 1.165) is 4.57 Å². The van der Waals surface area contributed by atoms with E-state index in [1.807, 2.05) is 0 Å². The van der Waals surface area contributed by atoms with E-state index in [9.17, 15) is 19.2 Å². The summed E-state index contributed by atoms with van der Waals surface area (Å²) in [5.74, 6) is -1.48. The Kier molecular flexibility index (Phi) is 4.71. The van der Waals surface area contributed by atoms with Crippen LogP contribution in [0.25, 0.3) is 11.2 Å². The fourth-order valence-corrected chi connectivity index (χ4v) is 1.99. The van der Waals surface area contributed by atoms with Crippen LogP contribution in [0.5, 0.6) is 0 Å². The second-order valence-electron chi connectivity index (χ2n) is 4.95. The highest BCUT2D eigenvalue weighted by atomic mass is 16.5. The second kappa shape index (κ2) is 6.56. The van der Waals surface area contributed by atoms with Crippen LogP contribution < -0.4 is 11.2 Å². The molecule has 0 amide bonds. The third-order valence-electron chi connectivity index (χ3n) is 3.25. The lowest BCUT2D eigenvalue weighted by Gasteiger charge is -2.05. The average molecular weight is 336 g/mol. The molecule has 1 unspecified atom stereocenters. The molecule has 1 N–H and O–H groups in total. The number of rotatable bonds is 5. The highest BCUT2D eigenvalue weighted by Crippen LogP contribution is 2.13. The maximum atomic E-state index is 12.0. The van der Waals surface area contributed by atoms with Gasteiger partial charge in [-0.2, -0.15) is 10.1 Å². The molecule has 11 heteroatoms. The van der Waals surface area contributed by atoms with Gasteiger partial charge >= 0.3 is 11.7 Å². The summed E-state index contributed by atoms with van der Waals surface area (Å²) in [4.78, 5) is 53.6. The molecule has 2 rings (SSSR count). The first kappa shape index (κ1) is 17.2. The zero-order valence-electron chi connectivity index (χ0n) is 13.6. The molecule has 2 aromatic heterocycles. The van der Waals surface area contributed by atoms with Crippen molar-refractivity contribution in [2.24, 2.45) is 24.3 Å². The molecule has 0 aliphatic heterocycles. The number of fused-ring (bicyclic) bond motifs is 1. The normalized spacial score (nSPS) is 12.7. The van der Waals surface area contributed by atoms with Gasteiger partial charge in [0, 0.05) is 14.1 Å². The fourth-order valence-electron chi connectivity index (χ4n) is 1.99. The van der Waals surface area contributed by atoms with Crippen molar-refractivity contribution in [1.29, 1.82) is 0 Å². The van der Waals surface area contributed by atoms with Crippen molar-refractivity contribution in [2.75, 3.05) is 6.61 Å².